The Balaban J connectivity index is 1.96. The summed E-state index contributed by atoms with van der Waals surface area (Å²) in [5.74, 6) is 0.559. The van der Waals surface area contributed by atoms with Crippen LogP contribution in [0.15, 0.2) is 35.3 Å². The van der Waals surface area contributed by atoms with Gasteiger partial charge in [-0.25, -0.2) is 0 Å². The zero-order chi connectivity index (χ0) is 25.9. The molecule has 3 aromatic rings. The lowest BCUT2D eigenvalue weighted by molar-refractivity contribution is -0.114. The topological polar surface area (TPSA) is 55.6 Å². The number of carbonyl (C=O) groups excluding carboxylic acids is 1. The third kappa shape index (κ3) is 8.25. The summed E-state index contributed by atoms with van der Waals surface area (Å²) >= 11 is 14.3. The van der Waals surface area contributed by atoms with Crippen molar-refractivity contribution >= 4 is 56.3 Å². The molecule has 0 saturated heterocycles. The molecule has 0 atom stereocenters. The van der Waals surface area contributed by atoms with E-state index >= 15 is 0 Å². The van der Waals surface area contributed by atoms with Gasteiger partial charge in [0.1, 0.15) is 5.75 Å². The number of thiazole rings is 1. The Bertz CT molecular complexity index is 1220. The van der Waals surface area contributed by atoms with E-state index in [0.717, 1.165) is 52.8 Å². The highest BCUT2D eigenvalue weighted by atomic mass is 35.5. The molecule has 1 aromatic heterocycles. The van der Waals surface area contributed by atoms with Crippen molar-refractivity contribution in [2.24, 2.45) is 4.99 Å². The number of carbonyl (C=O) groups is 1. The van der Waals surface area contributed by atoms with Gasteiger partial charge in [-0.05, 0) is 36.6 Å². The molecule has 2 aromatic carbocycles. The quantitative estimate of drug-likeness (QED) is 0.205. The lowest BCUT2D eigenvalue weighted by Gasteiger charge is -2.14. The highest BCUT2D eigenvalue weighted by Crippen LogP contribution is 2.33. The molecule has 0 saturated carbocycles. The minimum atomic E-state index is -0.121. The highest BCUT2D eigenvalue weighted by Gasteiger charge is 2.15. The van der Waals surface area contributed by atoms with E-state index in [1.807, 2.05) is 24.3 Å². The molecule has 5 nitrogen and oxygen atoms in total. The van der Waals surface area contributed by atoms with Gasteiger partial charge in [-0.2, -0.15) is 0 Å². The molecule has 0 aliphatic rings. The molecule has 1 N–H and O–H groups in total. The van der Waals surface area contributed by atoms with Crippen LogP contribution in [0.2, 0.25) is 10.0 Å². The number of halogens is 2. The fourth-order valence-corrected chi connectivity index (χ4v) is 5.54. The van der Waals surface area contributed by atoms with Gasteiger partial charge in [0.25, 0.3) is 0 Å². The molecule has 196 valence electrons. The number of rotatable bonds is 14. The minimum Gasteiger partial charge on any atom is -0.491 e. The number of aromatic nitrogens is 1. The van der Waals surface area contributed by atoms with E-state index in [9.17, 15) is 4.79 Å². The van der Waals surface area contributed by atoms with Crippen LogP contribution >= 0.6 is 34.5 Å². The maximum absolute atomic E-state index is 11.9. The summed E-state index contributed by atoms with van der Waals surface area (Å²) < 4.78 is 9.42. The number of anilines is 1. The van der Waals surface area contributed by atoms with Crippen molar-refractivity contribution in [1.82, 2.24) is 4.57 Å². The number of hydrogen-bond donors (Lipinski definition) is 1. The van der Waals surface area contributed by atoms with E-state index < -0.39 is 0 Å². The van der Waals surface area contributed by atoms with Crippen LogP contribution in [0, 0.1) is 0 Å². The number of nitrogens with zero attached hydrogens (tertiary/aromatic N) is 2. The Morgan fingerprint density at radius 3 is 2.50 bits per heavy atom. The zero-order valence-electron chi connectivity index (χ0n) is 21.5. The predicted octanol–water partition coefficient (Wildman–Crippen LogP) is 8.46. The van der Waals surface area contributed by atoms with Crippen molar-refractivity contribution in [2.45, 2.75) is 78.7 Å². The average Bonchev–Trinajstić information content (AvgIpc) is 3.16. The molecule has 0 aliphatic heterocycles. The molecule has 0 aliphatic carbocycles. The smallest absolute Gasteiger partial charge is 0.221 e. The lowest BCUT2D eigenvalue weighted by atomic mass is 10.1. The summed E-state index contributed by atoms with van der Waals surface area (Å²) in [6.45, 7) is 7.85. The molecule has 0 radical (unpaired) electrons. The third-order valence-electron chi connectivity index (χ3n) is 5.95. The first-order chi connectivity index (χ1) is 17.4. The molecular weight excluding hydrogens is 513 g/mol. The second-order valence-electron chi connectivity index (χ2n) is 9.06. The first-order valence-corrected chi connectivity index (χ1v) is 14.5. The number of fused-ring (bicyclic) bond motifs is 1. The van der Waals surface area contributed by atoms with Gasteiger partial charge in [0.05, 0.1) is 29.1 Å². The summed E-state index contributed by atoms with van der Waals surface area (Å²) in [6, 6.07) is 9.60. The number of ether oxygens (including phenoxy) is 1. The van der Waals surface area contributed by atoms with E-state index in [4.69, 9.17) is 32.9 Å². The van der Waals surface area contributed by atoms with Crippen molar-refractivity contribution in [2.75, 3.05) is 18.5 Å². The van der Waals surface area contributed by atoms with Gasteiger partial charge in [-0.1, -0.05) is 93.0 Å². The Morgan fingerprint density at radius 1 is 1.03 bits per heavy atom. The first-order valence-electron chi connectivity index (χ1n) is 12.9. The van der Waals surface area contributed by atoms with Gasteiger partial charge in [0.2, 0.25) is 5.91 Å². The Labute approximate surface area is 228 Å². The van der Waals surface area contributed by atoms with Crippen LogP contribution in [0.4, 0.5) is 5.69 Å². The summed E-state index contributed by atoms with van der Waals surface area (Å²) in [5.41, 5.74) is 2.67. The Hall–Kier alpha value is -2.02. The van der Waals surface area contributed by atoms with Crippen molar-refractivity contribution in [3.05, 3.63) is 50.7 Å². The minimum absolute atomic E-state index is 0.121. The molecule has 0 spiro atoms. The fourth-order valence-electron chi connectivity index (χ4n) is 3.99. The highest BCUT2D eigenvalue weighted by molar-refractivity contribution is 7.16. The van der Waals surface area contributed by atoms with Crippen LogP contribution in [0.5, 0.6) is 5.75 Å². The Morgan fingerprint density at radius 2 is 1.78 bits per heavy atom. The van der Waals surface area contributed by atoms with Gasteiger partial charge in [-0.15, -0.1) is 0 Å². The maximum Gasteiger partial charge on any atom is 0.221 e. The van der Waals surface area contributed by atoms with Crippen LogP contribution in [-0.4, -0.2) is 23.6 Å². The molecule has 1 amide bonds. The number of amides is 1. The summed E-state index contributed by atoms with van der Waals surface area (Å²) in [6.07, 6.45) is 9.27. The largest absolute Gasteiger partial charge is 0.491 e. The van der Waals surface area contributed by atoms with E-state index in [1.165, 1.54) is 32.6 Å². The predicted molar refractivity (Wildman–Crippen MR) is 154 cm³/mol. The number of unbranched alkanes of at least 4 members (excludes halogenated alkanes) is 6. The van der Waals surface area contributed by atoms with E-state index in [-0.39, 0.29) is 5.91 Å². The van der Waals surface area contributed by atoms with Gasteiger partial charge in [0.15, 0.2) is 4.80 Å². The van der Waals surface area contributed by atoms with Crippen LogP contribution in [0.1, 0.15) is 77.7 Å². The standard InChI is InChI=1S/C28H37Cl2N3O2S/c1-4-6-8-9-10-11-15-35-26-18-25-27(17-24(26)32-20(3)34)36-28(31-14-7-5-2)33(25)19-21-12-13-22(29)16-23(21)30/h12-13,16-18H,4-11,14-15,19H2,1-3H3,(H,32,34). The molecule has 36 heavy (non-hydrogen) atoms. The molecule has 0 fully saturated rings. The van der Waals surface area contributed by atoms with E-state index in [0.29, 0.717) is 34.6 Å². The van der Waals surface area contributed by atoms with Gasteiger partial charge < -0.3 is 14.6 Å². The van der Waals surface area contributed by atoms with E-state index in [1.54, 1.807) is 17.4 Å². The zero-order valence-corrected chi connectivity index (χ0v) is 23.9. The van der Waals surface area contributed by atoms with Gasteiger partial charge in [-0.3, -0.25) is 9.79 Å². The van der Waals surface area contributed by atoms with Crippen molar-refractivity contribution in [3.63, 3.8) is 0 Å². The Kier molecular flexibility index (Phi) is 11.6. The monoisotopic (exact) mass is 549 g/mol. The second-order valence-corrected chi connectivity index (χ2v) is 10.9. The number of benzene rings is 2. The molecule has 8 heteroatoms. The maximum atomic E-state index is 11.9. The van der Waals surface area contributed by atoms with Crippen LogP contribution in [0.25, 0.3) is 10.2 Å². The van der Waals surface area contributed by atoms with Crippen molar-refractivity contribution in [3.8, 4) is 5.75 Å². The van der Waals surface area contributed by atoms with Crippen molar-refractivity contribution in [1.29, 1.82) is 0 Å². The molecule has 0 bridgehead atoms. The number of nitrogens with one attached hydrogen (secondary N) is 1. The van der Waals surface area contributed by atoms with Gasteiger partial charge >= 0.3 is 0 Å². The molecule has 0 unspecified atom stereocenters. The third-order valence-corrected chi connectivity index (χ3v) is 7.62. The van der Waals surface area contributed by atoms with Gasteiger partial charge in [0, 0.05) is 29.6 Å². The molecular formula is C28H37Cl2N3O2S. The molecule has 1 heterocycles. The van der Waals surface area contributed by atoms with Crippen LogP contribution < -0.4 is 14.9 Å². The molecule has 3 rings (SSSR count). The SMILES string of the molecule is CCCCCCCCOc1cc2c(cc1NC(C)=O)sc(=NCCCC)n2Cc1ccc(Cl)cc1Cl. The summed E-state index contributed by atoms with van der Waals surface area (Å²) in [5, 5.41) is 4.19. The van der Waals surface area contributed by atoms with Crippen molar-refractivity contribution < 1.29 is 9.53 Å². The van der Waals surface area contributed by atoms with Crippen LogP contribution in [-0.2, 0) is 11.3 Å². The summed E-state index contributed by atoms with van der Waals surface area (Å²) in [4.78, 5) is 17.7. The normalized spacial score (nSPS) is 11.9. The lowest BCUT2D eigenvalue weighted by Crippen LogP contribution is -2.16. The summed E-state index contributed by atoms with van der Waals surface area (Å²) in [7, 11) is 0. The fraction of sp³-hybridized carbons (Fsp3) is 0.500. The average molecular weight is 551 g/mol. The number of hydrogen-bond acceptors (Lipinski definition) is 4. The van der Waals surface area contributed by atoms with E-state index in [2.05, 4.69) is 23.7 Å². The second kappa shape index (κ2) is 14.7. The van der Waals surface area contributed by atoms with Crippen LogP contribution in [0.3, 0.4) is 0 Å². The first kappa shape index (κ1) is 28.5.